The van der Waals surface area contributed by atoms with E-state index < -0.39 is 12.4 Å². The maximum absolute atomic E-state index is 8.77. The highest BCUT2D eigenvalue weighted by Crippen LogP contribution is 2.02. The normalized spacial score (nSPS) is 14.1. The molecule has 0 rings (SSSR count). The molecule has 62 valence electrons. The number of aliphatic hydroxyl groups excluding tert-OH is 3. The van der Waals surface area contributed by atoms with Crippen molar-refractivity contribution in [1.29, 1.82) is 0 Å². The molecular formula is C6H14O4. The van der Waals surface area contributed by atoms with Crippen LogP contribution in [-0.4, -0.2) is 39.4 Å². The van der Waals surface area contributed by atoms with Gasteiger partial charge in [-0.2, -0.15) is 0 Å². The smallest absolute Gasteiger partial charge is 0.178 e. The molecule has 0 aromatic carbocycles. The van der Waals surface area contributed by atoms with Crippen LogP contribution >= 0.6 is 0 Å². The lowest BCUT2D eigenvalue weighted by Crippen LogP contribution is -2.24. The number of hydrogen-bond acceptors (Lipinski definition) is 4. The molecule has 4 heteroatoms. The molecule has 0 amide bonds. The SMILES string of the molecule is OCCCCC(O)C(O)O. The van der Waals surface area contributed by atoms with Crippen LogP contribution in [0.3, 0.4) is 0 Å². The Hall–Kier alpha value is -0.160. The highest BCUT2D eigenvalue weighted by atomic mass is 16.5. The molecule has 0 aliphatic carbocycles. The maximum Gasteiger partial charge on any atom is 0.178 e. The summed E-state index contributed by atoms with van der Waals surface area (Å²) in [4.78, 5) is 0. The fourth-order valence-corrected chi connectivity index (χ4v) is 0.614. The summed E-state index contributed by atoms with van der Waals surface area (Å²) in [5.74, 6) is 0. The summed E-state index contributed by atoms with van der Waals surface area (Å²) in [6.45, 7) is 0.0776. The Morgan fingerprint density at radius 1 is 1.00 bits per heavy atom. The van der Waals surface area contributed by atoms with E-state index in [0.717, 1.165) is 0 Å². The minimum absolute atomic E-state index is 0.0776. The van der Waals surface area contributed by atoms with Gasteiger partial charge in [-0.3, -0.25) is 0 Å². The van der Waals surface area contributed by atoms with Crippen molar-refractivity contribution in [2.45, 2.75) is 31.7 Å². The van der Waals surface area contributed by atoms with Crippen LogP contribution in [0.5, 0.6) is 0 Å². The van der Waals surface area contributed by atoms with Gasteiger partial charge in [0, 0.05) is 6.61 Å². The summed E-state index contributed by atoms with van der Waals surface area (Å²) in [6.07, 6.45) is -1.22. The van der Waals surface area contributed by atoms with Gasteiger partial charge >= 0.3 is 0 Å². The van der Waals surface area contributed by atoms with Crippen LogP contribution in [0.2, 0.25) is 0 Å². The minimum atomic E-state index is -1.65. The zero-order valence-corrected chi connectivity index (χ0v) is 5.77. The van der Waals surface area contributed by atoms with Crippen LogP contribution in [0, 0.1) is 0 Å². The van der Waals surface area contributed by atoms with Gasteiger partial charge in [0.25, 0.3) is 0 Å². The van der Waals surface area contributed by atoms with Gasteiger partial charge in [-0.1, -0.05) is 0 Å². The maximum atomic E-state index is 8.77. The molecular weight excluding hydrogens is 136 g/mol. The van der Waals surface area contributed by atoms with Crippen molar-refractivity contribution < 1.29 is 20.4 Å². The fraction of sp³-hybridized carbons (Fsp3) is 1.00. The van der Waals surface area contributed by atoms with Gasteiger partial charge in [0.1, 0.15) is 6.10 Å². The van der Waals surface area contributed by atoms with Gasteiger partial charge in [0.05, 0.1) is 0 Å². The third-order valence-electron chi connectivity index (χ3n) is 1.25. The third-order valence-corrected chi connectivity index (χ3v) is 1.25. The predicted octanol–water partition coefficient (Wildman–Crippen LogP) is -1.18. The first-order chi connectivity index (χ1) is 4.68. The minimum Gasteiger partial charge on any atom is -0.396 e. The van der Waals surface area contributed by atoms with Gasteiger partial charge in [-0.05, 0) is 19.3 Å². The molecule has 0 aromatic rings. The van der Waals surface area contributed by atoms with E-state index in [4.69, 9.17) is 20.4 Å². The van der Waals surface area contributed by atoms with E-state index in [-0.39, 0.29) is 6.61 Å². The van der Waals surface area contributed by atoms with E-state index in [1.165, 1.54) is 0 Å². The molecule has 1 unspecified atom stereocenters. The summed E-state index contributed by atoms with van der Waals surface area (Å²) >= 11 is 0. The molecule has 0 spiro atoms. The lowest BCUT2D eigenvalue weighted by molar-refractivity contribution is -0.124. The molecule has 4 nitrogen and oxygen atoms in total. The molecule has 0 heterocycles. The highest BCUT2D eigenvalue weighted by molar-refractivity contribution is 4.55. The van der Waals surface area contributed by atoms with Crippen molar-refractivity contribution in [3.8, 4) is 0 Å². The van der Waals surface area contributed by atoms with Gasteiger partial charge in [-0.25, -0.2) is 0 Å². The molecule has 0 aliphatic heterocycles. The fourth-order valence-electron chi connectivity index (χ4n) is 0.614. The lowest BCUT2D eigenvalue weighted by Gasteiger charge is -2.10. The average Bonchev–Trinajstić information content (AvgIpc) is 1.88. The van der Waals surface area contributed by atoms with Crippen LogP contribution in [0.4, 0.5) is 0 Å². The molecule has 0 fully saturated rings. The Bertz CT molecular complexity index is 74.1. The molecule has 0 bridgehead atoms. The lowest BCUT2D eigenvalue weighted by atomic mass is 10.1. The molecule has 0 saturated heterocycles. The van der Waals surface area contributed by atoms with Gasteiger partial charge in [-0.15, -0.1) is 0 Å². The molecule has 4 N–H and O–H groups in total. The summed E-state index contributed by atoms with van der Waals surface area (Å²) in [6, 6.07) is 0. The monoisotopic (exact) mass is 150 g/mol. The van der Waals surface area contributed by atoms with Crippen molar-refractivity contribution in [2.75, 3.05) is 6.61 Å². The van der Waals surface area contributed by atoms with Crippen LogP contribution in [0.15, 0.2) is 0 Å². The Morgan fingerprint density at radius 2 is 1.60 bits per heavy atom. The van der Waals surface area contributed by atoms with Crippen molar-refractivity contribution >= 4 is 0 Å². The number of unbranched alkanes of at least 4 members (excludes halogenated alkanes) is 1. The van der Waals surface area contributed by atoms with Crippen molar-refractivity contribution in [1.82, 2.24) is 0 Å². The standard InChI is InChI=1S/C6H14O4/c7-4-2-1-3-5(8)6(9)10/h5-10H,1-4H2. The first-order valence-corrected chi connectivity index (χ1v) is 3.33. The van der Waals surface area contributed by atoms with Gasteiger partial charge in [0.2, 0.25) is 0 Å². The Kier molecular flexibility index (Phi) is 5.52. The number of rotatable bonds is 5. The van der Waals surface area contributed by atoms with E-state index >= 15 is 0 Å². The molecule has 0 aromatic heterocycles. The number of hydrogen-bond donors (Lipinski definition) is 4. The van der Waals surface area contributed by atoms with Crippen LogP contribution in [0.1, 0.15) is 19.3 Å². The predicted molar refractivity (Wildman–Crippen MR) is 35.2 cm³/mol. The summed E-state index contributed by atoms with van der Waals surface area (Å²) in [7, 11) is 0. The largest absolute Gasteiger partial charge is 0.396 e. The first-order valence-electron chi connectivity index (χ1n) is 3.33. The van der Waals surface area contributed by atoms with Gasteiger partial charge < -0.3 is 20.4 Å². The van der Waals surface area contributed by atoms with Crippen molar-refractivity contribution in [2.24, 2.45) is 0 Å². The van der Waals surface area contributed by atoms with Crippen LogP contribution in [-0.2, 0) is 0 Å². The van der Waals surface area contributed by atoms with E-state index in [9.17, 15) is 0 Å². The van der Waals surface area contributed by atoms with E-state index in [2.05, 4.69) is 0 Å². The van der Waals surface area contributed by atoms with E-state index in [1.54, 1.807) is 0 Å². The molecule has 0 saturated carbocycles. The van der Waals surface area contributed by atoms with E-state index in [1.807, 2.05) is 0 Å². The molecule has 1 atom stereocenters. The summed E-state index contributed by atoms with van der Waals surface area (Å²) in [5.41, 5.74) is 0. The molecule has 0 aliphatic rings. The van der Waals surface area contributed by atoms with Crippen molar-refractivity contribution in [3.63, 3.8) is 0 Å². The molecule has 10 heavy (non-hydrogen) atoms. The van der Waals surface area contributed by atoms with Crippen LogP contribution < -0.4 is 0 Å². The Balaban J connectivity index is 3.13. The first kappa shape index (κ1) is 9.84. The topological polar surface area (TPSA) is 80.9 Å². The van der Waals surface area contributed by atoms with Crippen molar-refractivity contribution in [3.05, 3.63) is 0 Å². The second-order valence-corrected chi connectivity index (χ2v) is 2.20. The Morgan fingerprint density at radius 3 is 2.00 bits per heavy atom. The number of aliphatic hydroxyl groups is 4. The van der Waals surface area contributed by atoms with Crippen LogP contribution in [0.25, 0.3) is 0 Å². The summed E-state index contributed by atoms with van der Waals surface area (Å²) < 4.78 is 0. The quantitative estimate of drug-likeness (QED) is 0.294. The van der Waals surface area contributed by atoms with Gasteiger partial charge in [0.15, 0.2) is 6.29 Å². The highest BCUT2D eigenvalue weighted by Gasteiger charge is 2.10. The zero-order valence-electron chi connectivity index (χ0n) is 5.77. The Labute approximate surface area is 59.7 Å². The average molecular weight is 150 g/mol. The third kappa shape index (κ3) is 4.69. The second-order valence-electron chi connectivity index (χ2n) is 2.20. The second kappa shape index (κ2) is 5.61. The molecule has 0 radical (unpaired) electrons. The van der Waals surface area contributed by atoms with E-state index in [0.29, 0.717) is 19.3 Å². The summed E-state index contributed by atoms with van der Waals surface area (Å²) in [5, 5.41) is 33.8. The zero-order chi connectivity index (χ0) is 7.98.